The largest absolute Gasteiger partial charge is 0.496 e. The molecule has 0 atom stereocenters. The van der Waals surface area contributed by atoms with Crippen LogP contribution >= 0.6 is 22.9 Å². The van der Waals surface area contributed by atoms with Gasteiger partial charge in [0.05, 0.1) is 25.2 Å². The maximum Gasteiger partial charge on any atom is 0.257 e. The standard InChI is InChI=1S/C19H18ClNO3S/c1-23-18-5-4-15(20)11-17(18)19(22)21(12-14-7-9-24-13-14)8-6-16-3-2-10-25-16/h2-5,7,9-11,13H,6,8,12H2,1H3. The van der Waals surface area contributed by atoms with E-state index in [4.69, 9.17) is 20.8 Å². The quantitative estimate of drug-likeness (QED) is 0.590. The second kappa shape index (κ2) is 8.23. The molecule has 0 saturated carbocycles. The lowest BCUT2D eigenvalue weighted by Crippen LogP contribution is -2.32. The van der Waals surface area contributed by atoms with Crippen LogP contribution in [0, 0.1) is 0 Å². The number of halogens is 1. The monoisotopic (exact) mass is 375 g/mol. The number of thiophene rings is 1. The third-order valence-corrected chi connectivity index (χ3v) is 5.01. The van der Waals surface area contributed by atoms with Gasteiger partial charge in [0.25, 0.3) is 5.91 Å². The molecule has 4 nitrogen and oxygen atoms in total. The number of carbonyl (C=O) groups is 1. The molecule has 1 amide bonds. The van der Waals surface area contributed by atoms with Gasteiger partial charge in [-0.25, -0.2) is 0 Å². The zero-order chi connectivity index (χ0) is 17.6. The van der Waals surface area contributed by atoms with Gasteiger partial charge in [0.2, 0.25) is 0 Å². The van der Waals surface area contributed by atoms with Crippen molar-refractivity contribution >= 4 is 28.8 Å². The molecule has 0 aliphatic carbocycles. The molecular weight excluding hydrogens is 358 g/mol. The molecule has 0 bridgehead atoms. The summed E-state index contributed by atoms with van der Waals surface area (Å²) in [5.41, 5.74) is 1.41. The van der Waals surface area contributed by atoms with Gasteiger partial charge in [-0.05, 0) is 42.1 Å². The van der Waals surface area contributed by atoms with E-state index < -0.39 is 0 Å². The molecule has 3 aromatic rings. The first kappa shape index (κ1) is 17.6. The highest BCUT2D eigenvalue weighted by atomic mass is 35.5. The molecule has 2 heterocycles. The van der Waals surface area contributed by atoms with Gasteiger partial charge in [0.1, 0.15) is 5.75 Å². The summed E-state index contributed by atoms with van der Waals surface area (Å²) in [6.07, 6.45) is 4.06. The Morgan fingerprint density at radius 2 is 2.20 bits per heavy atom. The van der Waals surface area contributed by atoms with Gasteiger partial charge in [-0.15, -0.1) is 11.3 Å². The van der Waals surface area contributed by atoms with Crippen LogP contribution in [0.5, 0.6) is 5.75 Å². The normalized spacial score (nSPS) is 10.6. The molecule has 0 saturated heterocycles. The summed E-state index contributed by atoms with van der Waals surface area (Å²) in [7, 11) is 1.55. The van der Waals surface area contributed by atoms with Crippen LogP contribution in [0.1, 0.15) is 20.8 Å². The van der Waals surface area contributed by atoms with E-state index in [9.17, 15) is 4.79 Å². The van der Waals surface area contributed by atoms with Gasteiger partial charge >= 0.3 is 0 Å². The Kier molecular flexibility index (Phi) is 5.79. The van der Waals surface area contributed by atoms with Gasteiger partial charge in [0.15, 0.2) is 0 Å². The zero-order valence-corrected chi connectivity index (χ0v) is 15.3. The molecule has 0 spiro atoms. The first-order valence-corrected chi connectivity index (χ1v) is 9.09. The van der Waals surface area contributed by atoms with Crippen molar-refractivity contribution in [2.24, 2.45) is 0 Å². The minimum absolute atomic E-state index is 0.114. The number of rotatable bonds is 7. The van der Waals surface area contributed by atoms with Crippen LogP contribution in [0.2, 0.25) is 5.02 Å². The van der Waals surface area contributed by atoms with E-state index in [0.717, 1.165) is 12.0 Å². The smallest absolute Gasteiger partial charge is 0.257 e. The van der Waals surface area contributed by atoms with Gasteiger partial charge in [-0.3, -0.25) is 4.79 Å². The highest BCUT2D eigenvalue weighted by Crippen LogP contribution is 2.25. The highest BCUT2D eigenvalue weighted by Gasteiger charge is 2.21. The summed E-state index contributed by atoms with van der Waals surface area (Å²) in [4.78, 5) is 16.2. The fourth-order valence-corrected chi connectivity index (χ4v) is 3.44. The van der Waals surface area contributed by atoms with Crippen LogP contribution in [-0.2, 0) is 13.0 Å². The van der Waals surface area contributed by atoms with E-state index in [0.29, 0.717) is 29.4 Å². The number of carbonyl (C=O) groups excluding carboxylic acids is 1. The number of methoxy groups -OCH3 is 1. The molecule has 1 aromatic carbocycles. The van der Waals surface area contributed by atoms with Crippen LogP contribution in [0.15, 0.2) is 58.7 Å². The first-order chi connectivity index (χ1) is 12.2. The van der Waals surface area contributed by atoms with E-state index in [1.165, 1.54) is 4.88 Å². The number of amides is 1. The first-order valence-electron chi connectivity index (χ1n) is 7.83. The van der Waals surface area contributed by atoms with Crippen LogP contribution in [0.4, 0.5) is 0 Å². The topological polar surface area (TPSA) is 42.7 Å². The lowest BCUT2D eigenvalue weighted by Gasteiger charge is -2.23. The van der Waals surface area contributed by atoms with E-state index >= 15 is 0 Å². The maximum atomic E-state index is 13.1. The van der Waals surface area contributed by atoms with Crippen molar-refractivity contribution in [1.82, 2.24) is 4.90 Å². The second-order valence-electron chi connectivity index (χ2n) is 5.53. The Labute approximate surface area is 155 Å². The second-order valence-corrected chi connectivity index (χ2v) is 7.00. The van der Waals surface area contributed by atoms with Crippen molar-refractivity contribution in [1.29, 1.82) is 0 Å². The summed E-state index contributed by atoms with van der Waals surface area (Å²) in [6, 6.07) is 11.0. The zero-order valence-electron chi connectivity index (χ0n) is 13.8. The lowest BCUT2D eigenvalue weighted by atomic mass is 10.1. The Hall–Kier alpha value is -2.24. The molecule has 0 fully saturated rings. The predicted molar refractivity (Wildman–Crippen MR) is 99.5 cm³/mol. The summed E-state index contributed by atoms with van der Waals surface area (Å²) >= 11 is 7.77. The molecule has 0 aliphatic rings. The molecule has 2 aromatic heterocycles. The molecule has 25 heavy (non-hydrogen) atoms. The van der Waals surface area contributed by atoms with Crippen molar-refractivity contribution in [2.45, 2.75) is 13.0 Å². The Morgan fingerprint density at radius 3 is 2.88 bits per heavy atom. The average molecular weight is 376 g/mol. The van der Waals surface area contributed by atoms with Crippen molar-refractivity contribution in [2.75, 3.05) is 13.7 Å². The maximum absolute atomic E-state index is 13.1. The summed E-state index contributed by atoms with van der Waals surface area (Å²) in [6.45, 7) is 1.07. The van der Waals surface area contributed by atoms with Gasteiger partial charge in [-0.2, -0.15) is 0 Å². The molecule has 0 aliphatic heterocycles. The van der Waals surface area contributed by atoms with Gasteiger partial charge < -0.3 is 14.1 Å². The van der Waals surface area contributed by atoms with Gasteiger partial charge in [-0.1, -0.05) is 17.7 Å². The molecule has 130 valence electrons. The summed E-state index contributed by atoms with van der Waals surface area (Å²) in [5, 5.41) is 2.54. The number of hydrogen-bond donors (Lipinski definition) is 0. The van der Waals surface area contributed by atoms with Crippen molar-refractivity contribution < 1.29 is 13.9 Å². The van der Waals surface area contributed by atoms with E-state index in [2.05, 4.69) is 6.07 Å². The summed E-state index contributed by atoms with van der Waals surface area (Å²) in [5.74, 6) is 0.403. The minimum Gasteiger partial charge on any atom is -0.496 e. The lowest BCUT2D eigenvalue weighted by molar-refractivity contribution is 0.0742. The molecular formula is C19H18ClNO3S. The Balaban J connectivity index is 1.84. The number of nitrogens with zero attached hydrogens (tertiary/aromatic N) is 1. The molecule has 3 rings (SSSR count). The molecule has 6 heteroatoms. The summed E-state index contributed by atoms with van der Waals surface area (Å²) < 4.78 is 10.5. The van der Waals surface area contributed by atoms with Crippen LogP contribution < -0.4 is 4.74 Å². The Morgan fingerprint density at radius 1 is 1.32 bits per heavy atom. The SMILES string of the molecule is COc1ccc(Cl)cc1C(=O)N(CCc1cccs1)Cc1ccoc1. The van der Waals surface area contributed by atoms with Crippen molar-refractivity contribution in [3.63, 3.8) is 0 Å². The van der Waals surface area contributed by atoms with E-state index in [-0.39, 0.29) is 5.91 Å². The third kappa shape index (κ3) is 4.44. The molecule has 0 unspecified atom stereocenters. The number of furan rings is 1. The predicted octanol–water partition coefficient (Wildman–Crippen LogP) is 4.89. The highest BCUT2D eigenvalue weighted by molar-refractivity contribution is 7.09. The molecule has 0 N–H and O–H groups in total. The third-order valence-electron chi connectivity index (χ3n) is 3.84. The number of ether oxygens (including phenoxy) is 1. The van der Waals surface area contributed by atoms with E-state index in [1.54, 1.807) is 54.1 Å². The minimum atomic E-state index is -0.114. The molecule has 0 radical (unpaired) electrons. The van der Waals surface area contributed by atoms with Crippen molar-refractivity contribution in [3.8, 4) is 5.75 Å². The van der Waals surface area contributed by atoms with Crippen LogP contribution in [0.3, 0.4) is 0 Å². The van der Waals surface area contributed by atoms with Crippen LogP contribution in [0.25, 0.3) is 0 Å². The number of benzene rings is 1. The van der Waals surface area contributed by atoms with Gasteiger partial charge in [0, 0.05) is 28.6 Å². The van der Waals surface area contributed by atoms with Crippen LogP contribution in [-0.4, -0.2) is 24.5 Å². The fourth-order valence-electron chi connectivity index (χ4n) is 2.57. The fraction of sp³-hybridized carbons (Fsp3) is 0.211. The van der Waals surface area contributed by atoms with E-state index in [1.807, 2.05) is 17.5 Å². The number of hydrogen-bond acceptors (Lipinski definition) is 4. The average Bonchev–Trinajstić information content (AvgIpc) is 3.31. The van der Waals surface area contributed by atoms with Crippen molar-refractivity contribution in [3.05, 3.63) is 75.3 Å². The Bertz CT molecular complexity index is 815.